The Morgan fingerprint density at radius 1 is 1.19 bits per heavy atom. The summed E-state index contributed by atoms with van der Waals surface area (Å²) in [6, 6.07) is 1.17. The molecular weight excluding hydrogens is 266 g/mol. The van der Waals surface area contributed by atoms with Crippen LogP contribution in [0.3, 0.4) is 0 Å². The number of rotatable bonds is 7. The molecule has 1 aliphatic carbocycles. The average molecular weight is 297 g/mol. The van der Waals surface area contributed by atoms with E-state index in [4.69, 9.17) is 10.8 Å². The summed E-state index contributed by atoms with van der Waals surface area (Å²) in [4.78, 5) is 13.2. The summed E-state index contributed by atoms with van der Waals surface area (Å²) >= 11 is 0. The van der Waals surface area contributed by atoms with Crippen molar-refractivity contribution in [1.82, 2.24) is 10.2 Å². The fourth-order valence-corrected chi connectivity index (χ4v) is 3.93. The molecule has 1 aliphatic heterocycles. The van der Waals surface area contributed by atoms with Crippen LogP contribution in [0.5, 0.6) is 0 Å². The van der Waals surface area contributed by atoms with E-state index in [0.29, 0.717) is 24.5 Å². The summed E-state index contributed by atoms with van der Waals surface area (Å²) in [5.41, 5.74) is 5.70. The van der Waals surface area contributed by atoms with E-state index in [1.807, 2.05) is 0 Å². The van der Waals surface area contributed by atoms with Crippen molar-refractivity contribution in [3.8, 4) is 0 Å². The molecule has 2 unspecified atom stereocenters. The second-order valence-electron chi connectivity index (χ2n) is 6.78. The average Bonchev–Trinajstić information content (AvgIpc) is 2.46. The van der Waals surface area contributed by atoms with Crippen molar-refractivity contribution >= 4 is 5.97 Å². The van der Waals surface area contributed by atoms with Gasteiger partial charge < -0.3 is 21.1 Å². The third kappa shape index (κ3) is 5.93. The van der Waals surface area contributed by atoms with E-state index in [0.717, 1.165) is 32.5 Å². The maximum atomic E-state index is 10.8. The Labute approximate surface area is 128 Å². The highest BCUT2D eigenvalue weighted by Gasteiger charge is 2.28. The van der Waals surface area contributed by atoms with Gasteiger partial charge in [0.05, 0.1) is 0 Å². The minimum absolute atomic E-state index is 0.289. The van der Waals surface area contributed by atoms with Gasteiger partial charge in [-0.2, -0.15) is 0 Å². The Morgan fingerprint density at radius 2 is 1.95 bits per heavy atom. The highest BCUT2D eigenvalue weighted by molar-refractivity contribution is 5.66. The second kappa shape index (κ2) is 8.71. The Kier molecular flexibility index (Phi) is 6.93. The number of nitrogens with two attached hydrogens (primary N) is 1. The first-order valence-electron chi connectivity index (χ1n) is 8.57. The van der Waals surface area contributed by atoms with E-state index in [9.17, 15) is 4.79 Å². The quantitative estimate of drug-likeness (QED) is 0.662. The molecule has 5 nitrogen and oxygen atoms in total. The number of nitrogens with zero attached hydrogens (tertiary/aromatic N) is 1. The maximum absolute atomic E-state index is 10.8. The van der Waals surface area contributed by atoms with Gasteiger partial charge in [-0.1, -0.05) is 19.3 Å². The lowest BCUT2D eigenvalue weighted by atomic mass is 9.88. The van der Waals surface area contributed by atoms with Crippen LogP contribution in [0.15, 0.2) is 0 Å². The summed E-state index contributed by atoms with van der Waals surface area (Å²) in [7, 11) is 0. The fraction of sp³-hybridized carbons (Fsp3) is 0.938. The van der Waals surface area contributed by atoms with Gasteiger partial charge in [-0.25, -0.2) is 0 Å². The molecule has 5 heteroatoms. The summed E-state index contributed by atoms with van der Waals surface area (Å²) in [6.07, 6.45) is 8.86. The molecule has 0 aromatic rings. The number of carboxylic acids is 1. The number of likely N-dealkylation sites (tertiary alicyclic amines) is 1. The number of aliphatic carboxylic acids is 1. The third-order valence-electron chi connectivity index (χ3n) is 4.90. The Balaban J connectivity index is 1.84. The van der Waals surface area contributed by atoms with Crippen molar-refractivity contribution in [2.24, 2.45) is 11.7 Å². The van der Waals surface area contributed by atoms with Gasteiger partial charge in [0, 0.05) is 44.7 Å². The van der Waals surface area contributed by atoms with Crippen molar-refractivity contribution in [2.45, 2.75) is 63.5 Å². The standard InChI is InChI=1S/C16H31N3O2/c17-8-9-19-11-13(6-7-16(20)21)10-15(12-19)18-14-4-2-1-3-5-14/h13-15,18H,1-12,17H2,(H,20,21). The molecule has 122 valence electrons. The van der Waals surface area contributed by atoms with Gasteiger partial charge in [0.2, 0.25) is 0 Å². The fourth-order valence-electron chi connectivity index (χ4n) is 3.93. The van der Waals surface area contributed by atoms with Crippen molar-refractivity contribution in [3.63, 3.8) is 0 Å². The minimum atomic E-state index is -0.678. The molecule has 0 spiro atoms. The predicted octanol–water partition coefficient (Wildman–Crippen LogP) is 1.42. The van der Waals surface area contributed by atoms with Gasteiger partial charge in [0.25, 0.3) is 0 Å². The molecule has 1 saturated carbocycles. The Morgan fingerprint density at radius 3 is 2.62 bits per heavy atom. The number of carboxylic acid groups (broad SMARTS) is 1. The molecule has 0 radical (unpaired) electrons. The highest BCUT2D eigenvalue weighted by atomic mass is 16.4. The monoisotopic (exact) mass is 297 g/mol. The number of carbonyl (C=O) groups is 1. The number of hydrogen-bond acceptors (Lipinski definition) is 4. The predicted molar refractivity (Wildman–Crippen MR) is 84.3 cm³/mol. The molecule has 0 aromatic carbocycles. The van der Waals surface area contributed by atoms with Crippen LogP contribution in [-0.4, -0.2) is 54.2 Å². The largest absolute Gasteiger partial charge is 0.481 e. The zero-order valence-corrected chi connectivity index (χ0v) is 13.1. The lowest BCUT2D eigenvalue weighted by molar-refractivity contribution is -0.137. The highest BCUT2D eigenvalue weighted by Crippen LogP contribution is 2.24. The van der Waals surface area contributed by atoms with Crippen LogP contribution in [0.1, 0.15) is 51.4 Å². The molecular formula is C16H31N3O2. The van der Waals surface area contributed by atoms with Crippen LogP contribution in [0.25, 0.3) is 0 Å². The minimum Gasteiger partial charge on any atom is -0.481 e. The first-order valence-corrected chi connectivity index (χ1v) is 8.57. The van der Waals surface area contributed by atoms with Crippen LogP contribution in [-0.2, 0) is 4.79 Å². The zero-order valence-electron chi connectivity index (χ0n) is 13.1. The van der Waals surface area contributed by atoms with Gasteiger partial charge >= 0.3 is 5.97 Å². The first kappa shape index (κ1) is 16.7. The SMILES string of the molecule is NCCN1CC(CCC(=O)O)CC(NC2CCCCC2)C1. The third-order valence-corrected chi connectivity index (χ3v) is 4.90. The van der Waals surface area contributed by atoms with Crippen LogP contribution in [0, 0.1) is 5.92 Å². The summed E-state index contributed by atoms with van der Waals surface area (Å²) in [6.45, 7) is 3.68. The van der Waals surface area contributed by atoms with Crippen molar-refractivity contribution in [1.29, 1.82) is 0 Å². The van der Waals surface area contributed by atoms with Gasteiger partial charge in [-0.05, 0) is 31.6 Å². The Hall–Kier alpha value is -0.650. The molecule has 2 rings (SSSR count). The van der Waals surface area contributed by atoms with Crippen LogP contribution < -0.4 is 11.1 Å². The number of piperidine rings is 1. The smallest absolute Gasteiger partial charge is 0.303 e. The van der Waals surface area contributed by atoms with E-state index >= 15 is 0 Å². The van der Waals surface area contributed by atoms with Crippen LogP contribution >= 0.6 is 0 Å². The zero-order chi connectivity index (χ0) is 15.1. The topological polar surface area (TPSA) is 78.6 Å². The van der Waals surface area contributed by atoms with Gasteiger partial charge in [-0.3, -0.25) is 4.79 Å². The van der Waals surface area contributed by atoms with Crippen LogP contribution in [0.4, 0.5) is 0 Å². The molecule has 21 heavy (non-hydrogen) atoms. The summed E-state index contributed by atoms with van der Waals surface area (Å²) < 4.78 is 0. The van der Waals surface area contributed by atoms with Crippen molar-refractivity contribution in [3.05, 3.63) is 0 Å². The van der Waals surface area contributed by atoms with E-state index in [1.54, 1.807) is 0 Å². The van der Waals surface area contributed by atoms with E-state index in [1.165, 1.54) is 32.1 Å². The normalized spacial score (nSPS) is 28.6. The van der Waals surface area contributed by atoms with E-state index in [2.05, 4.69) is 10.2 Å². The molecule has 2 atom stereocenters. The summed E-state index contributed by atoms with van der Waals surface area (Å²) in [5, 5.41) is 12.7. The molecule has 0 amide bonds. The lowest BCUT2D eigenvalue weighted by Crippen LogP contribution is -2.53. The summed E-state index contributed by atoms with van der Waals surface area (Å²) in [5.74, 6) is -0.190. The van der Waals surface area contributed by atoms with E-state index in [-0.39, 0.29) is 6.42 Å². The number of hydrogen-bond donors (Lipinski definition) is 3. The van der Waals surface area contributed by atoms with Gasteiger partial charge in [0.1, 0.15) is 0 Å². The molecule has 0 bridgehead atoms. The second-order valence-corrected chi connectivity index (χ2v) is 6.78. The molecule has 4 N–H and O–H groups in total. The van der Waals surface area contributed by atoms with E-state index < -0.39 is 5.97 Å². The maximum Gasteiger partial charge on any atom is 0.303 e. The van der Waals surface area contributed by atoms with Crippen LogP contribution in [0.2, 0.25) is 0 Å². The molecule has 1 heterocycles. The molecule has 2 fully saturated rings. The molecule has 1 saturated heterocycles. The Bertz CT molecular complexity index is 319. The van der Waals surface area contributed by atoms with Gasteiger partial charge in [-0.15, -0.1) is 0 Å². The first-order chi connectivity index (χ1) is 10.2. The molecule has 2 aliphatic rings. The van der Waals surface area contributed by atoms with Crippen molar-refractivity contribution < 1.29 is 9.90 Å². The lowest BCUT2D eigenvalue weighted by Gasteiger charge is -2.40. The molecule has 0 aromatic heterocycles. The van der Waals surface area contributed by atoms with Gasteiger partial charge in [0.15, 0.2) is 0 Å². The van der Waals surface area contributed by atoms with Crippen molar-refractivity contribution in [2.75, 3.05) is 26.2 Å². The number of nitrogens with one attached hydrogen (secondary N) is 1.